The molecule has 2 atom stereocenters. The second-order valence-corrected chi connectivity index (χ2v) is 7.32. The predicted molar refractivity (Wildman–Crippen MR) is 95.5 cm³/mol. The summed E-state index contributed by atoms with van der Waals surface area (Å²) in [7, 11) is 1.85. The zero-order chi connectivity index (χ0) is 16.8. The van der Waals surface area contributed by atoms with Crippen molar-refractivity contribution in [3.63, 3.8) is 0 Å². The number of nitrogens with zero attached hydrogens (tertiary/aromatic N) is 2. The highest BCUT2D eigenvalue weighted by Gasteiger charge is 2.29. The Morgan fingerprint density at radius 2 is 2.09 bits per heavy atom. The molecule has 1 aromatic carbocycles. The highest BCUT2D eigenvalue weighted by molar-refractivity contribution is 7.98. The number of rotatable bonds is 6. The zero-order valence-corrected chi connectivity index (χ0v) is 15.2. The largest absolute Gasteiger partial charge is 0.395 e. The van der Waals surface area contributed by atoms with Gasteiger partial charge in [0.05, 0.1) is 13.2 Å². The molecule has 5 heteroatoms. The summed E-state index contributed by atoms with van der Waals surface area (Å²) in [6.45, 7) is 4.22. The lowest BCUT2D eigenvalue weighted by Crippen LogP contribution is -2.50. The molecule has 0 aromatic heterocycles. The lowest BCUT2D eigenvalue weighted by molar-refractivity contribution is -0.133. The molecule has 0 spiro atoms. The van der Waals surface area contributed by atoms with Crippen LogP contribution < -0.4 is 0 Å². The Balaban J connectivity index is 1.90. The summed E-state index contributed by atoms with van der Waals surface area (Å²) in [4.78, 5) is 17.7. The van der Waals surface area contributed by atoms with Crippen molar-refractivity contribution in [1.29, 1.82) is 0 Å². The van der Waals surface area contributed by atoms with Crippen molar-refractivity contribution < 1.29 is 9.90 Å². The summed E-state index contributed by atoms with van der Waals surface area (Å²) >= 11 is 1.72. The van der Waals surface area contributed by atoms with E-state index in [0.717, 1.165) is 24.9 Å². The van der Waals surface area contributed by atoms with Crippen LogP contribution in [0.5, 0.6) is 0 Å². The number of aliphatic hydroxyl groups excluding tert-OH is 1. The van der Waals surface area contributed by atoms with Crippen LogP contribution in [0.3, 0.4) is 0 Å². The van der Waals surface area contributed by atoms with E-state index in [4.69, 9.17) is 0 Å². The SMILES string of the molecule is CSc1ccc(CN(C)C(=O)CN2CCCC(C)C2CO)cc1. The Morgan fingerprint density at radius 3 is 2.70 bits per heavy atom. The van der Waals surface area contributed by atoms with Gasteiger partial charge in [0.1, 0.15) is 0 Å². The highest BCUT2D eigenvalue weighted by atomic mass is 32.2. The van der Waals surface area contributed by atoms with Gasteiger partial charge >= 0.3 is 0 Å². The summed E-state index contributed by atoms with van der Waals surface area (Å²) in [6.07, 6.45) is 4.29. The number of carbonyl (C=O) groups is 1. The fraction of sp³-hybridized carbons (Fsp3) is 0.611. The van der Waals surface area contributed by atoms with E-state index in [1.807, 2.05) is 7.05 Å². The molecule has 1 aromatic rings. The quantitative estimate of drug-likeness (QED) is 0.811. The van der Waals surface area contributed by atoms with Crippen LogP contribution in [0.4, 0.5) is 0 Å². The Morgan fingerprint density at radius 1 is 1.39 bits per heavy atom. The zero-order valence-electron chi connectivity index (χ0n) is 14.4. The molecule has 23 heavy (non-hydrogen) atoms. The van der Waals surface area contributed by atoms with E-state index < -0.39 is 0 Å². The molecule has 4 nitrogen and oxygen atoms in total. The maximum Gasteiger partial charge on any atom is 0.236 e. The first-order valence-electron chi connectivity index (χ1n) is 8.27. The Kier molecular flexibility index (Phi) is 6.93. The number of amides is 1. The van der Waals surface area contributed by atoms with Crippen molar-refractivity contribution in [2.75, 3.05) is 33.0 Å². The summed E-state index contributed by atoms with van der Waals surface area (Å²) in [5.74, 6) is 0.567. The third-order valence-electron chi connectivity index (χ3n) is 4.76. The highest BCUT2D eigenvalue weighted by Crippen LogP contribution is 2.23. The standard InChI is InChI=1S/C18H28N2O2S/c1-14-5-4-10-20(17(14)13-21)12-18(22)19(2)11-15-6-8-16(23-3)9-7-15/h6-9,14,17,21H,4-5,10-13H2,1-3H3. The van der Waals surface area contributed by atoms with E-state index in [1.54, 1.807) is 16.7 Å². The molecule has 128 valence electrons. The monoisotopic (exact) mass is 336 g/mol. The Labute approximate surface area is 143 Å². The minimum atomic E-state index is 0.113. The van der Waals surface area contributed by atoms with Gasteiger partial charge in [0.15, 0.2) is 0 Å². The first-order chi connectivity index (χ1) is 11.0. The fourth-order valence-corrected chi connectivity index (χ4v) is 3.62. The van der Waals surface area contributed by atoms with Gasteiger partial charge in [-0.1, -0.05) is 19.1 Å². The van der Waals surface area contributed by atoms with Crippen molar-refractivity contribution in [2.45, 2.75) is 37.2 Å². The van der Waals surface area contributed by atoms with E-state index in [2.05, 4.69) is 42.3 Å². The number of carbonyl (C=O) groups excluding carboxylic acids is 1. The van der Waals surface area contributed by atoms with Crippen LogP contribution in [0.1, 0.15) is 25.3 Å². The summed E-state index contributed by atoms with van der Waals surface area (Å²) < 4.78 is 0. The van der Waals surface area contributed by atoms with E-state index in [-0.39, 0.29) is 18.6 Å². The number of benzene rings is 1. The average molecular weight is 337 g/mol. The van der Waals surface area contributed by atoms with Gasteiger partial charge in [-0.2, -0.15) is 0 Å². The molecule has 1 N–H and O–H groups in total. The van der Waals surface area contributed by atoms with Crippen LogP contribution in [0.15, 0.2) is 29.2 Å². The second kappa shape index (κ2) is 8.71. The minimum absolute atomic E-state index is 0.113. The van der Waals surface area contributed by atoms with Crippen LogP contribution >= 0.6 is 11.8 Å². The van der Waals surface area contributed by atoms with Crippen LogP contribution in [0.2, 0.25) is 0 Å². The molecule has 0 bridgehead atoms. The molecule has 1 fully saturated rings. The summed E-state index contributed by atoms with van der Waals surface area (Å²) in [5.41, 5.74) is 1.14. The van der Waals surface area contributed by atoms with Gasteiger partial charge in [-0.05, 0) is 49.3 Å². The Hall–Kier alpha value is -1.04. The number of likely N-dealkylation sites (N-methyl/N-ethyl adjacent to an activating group) is 1. The van der Waals surface area contributed by atoms with Gasteiger partial charge in [0.25, 0.3) is 0 Å². The summed E-state index contributed by atoms with van der Waals surface area (Å²) in [5, 5.41) is 9.60. The molecule has 0 radical (unpaired) electrons. The molecule has 0 aliphatic carbocycles. The normalized spacial score (nSPS) is 22.1. The topological polar surface area (TPSA) is 43.8 Å². The number of hydrogen-bond acceptors (Lipinski definition) is 4. The molecular weight excluding hydrogens is 308 g/mol. The maximum absolute atomic E-state index is 12.5. The van der Waals surface area contributed by atoms with Gasteiger partial charge in [-0.3, -0.25) is 9.69 Å². The smallest absolute Gasteiger partial charge is 0.236 e. The lowest BCUT2D eigenvalue weighted by Gasteiger charge is -2.39. The molecule has 1 aliphatic rings. The van der Waals surface area contributed by atoms with Crippen molar-refractivity contribution >= 4 is 17.7 Å². The predicted octanol–water partition coefficient (Wildman–Crippen LogP) is 2.46. The lowest BCUT2D eigenvalue weighted by atomic mass is 9.91. The van der Waals surface area contributed by atoms with E-state index in [9.17, 15) is 9.90 Å². The van der Waals surface area contributed by atoms with Gasteiger partial charge in [0.2, 0.25) is 5.91 Å². The van der Waals surface area contributed by atoms with Crippen molar-refractivity contribution in [2.24, 2.45) is 5.92 Å². The molecule has 1 aliphatic heterocycles. The van der Waals surface area contributed by atoms with Crippen LogP contribution in [-0.4, -0.2) is 59.9 Å². The average Bonchev–Trinajstić information content (AvgIpc) is 2.55. The minimum Gasteiger partial charge on any atom is -0.395 e. The molecule has 2 rings (SSSR count). The number of likely N-dealkylation sites (tertiary alicyclic amines) is 1. The third kappa shape index (κ3) is 4.96. The number of thioether (sulfide) groups is 1. The van der Waals surface area contributed by atoms with E-state index in [0.29, 0.717) is 19.0 Å². The van der Waals surface area contributed by atoms with Crippen molar-refractivity contribution in [3.8, 4) is 0 Å². The van der Waals surface area contributed by atoms with Gasteiger partial charge in [-0.25, -0.2) is 0 Å². The van der Waals surface area contributed by atoms with Crippen molar-refractivity contribution in [1.82, 2.24) is 9.80 Å². The van der Waals surface area contributed by atoms with E-state index >= 15 is 0 Å². The molecular formula is C18H28N2O2S. The number of piperidine rings is 1. The fourth-order valence-electron chi connectivity index (χ4n) is 3.21. The second-order valence-electron chi connectivity index (χ2n) is 6.44. The first-order valence-corrected chi connectivity index (χ1v) is 9.49. The van der Waals surface area contributed by atoms with Gasteiger partial charge in [-0.15, -0.1) is 11.8 Å². The molecule has 1 saturated heterocycles. The maximum atomic E-state index is 12.5. The Bertz CT molecular complexity index is 506. The van der Waals surface area contributed by atoms with Gasteiger partial charge in [0, 0.05) is 24.5 Å². The van der Waals surface area contributed by atoms with Crippen LogP contribution in [0, 0.1) is 5.92 Å². The number of hydrogen-bond donors (Lipinski definition) is 1. The molecule has 1 amide bonds. The summed E-state index contributed by atoms with van der Waals surface area (Å²) in [6, 6.07) is 8.45. The third-order valence-corrected chi connectivity index (χ3v) is 5.50. The first kappa shape index (κ1) is 18.3. The van der Waals surface area contributed by atoms with Crippen LogP contribution in [-0.2, 0) is 11.3 Å². The number of aliphatic hydroxyl groups is 1. The molecule has 1 heterocycles. The van der Waals surface area contributed by atoms with Gasteiger partial charge < -0.3 is 10.0 Å². The molecule has 0 saturated carbocycles. The van der Waals surface area contributed by atoms with E-state index in [1.165, 1.54) is 4.90 Å². The molecule has 2 unspecified atom stereocenters. The van der Waals surface area contributed by atoms with Crippen molar-refractivity contribution in [3.05, 3.63) is 29.8 Å². The van der Waals surface area contributed by atoms with Crippen LogP contribution in [0.25, 0.3) is 0 Å².